The summed E-state index contributed by atoms with van der Waals surface area (Å²) < 4.78 is 8.34. The van der Waals surface area contributed by atoms with E-state index in [-0.39, 0.29) is 35.8 Å². The van der Waals surface area contributed by atoms with Crippen LogP contribution in [-0.4, -0.2) is 11.0 Å². The van der Waals surface area contributed by atoms with Gasteiger partial charge >= 0.3 is 27.5 Å². The van der Waals surface area contributed by atoms with Gasteiger partial charge in [0.15, 0.2) is 0 Å². The van der Waals surface area contributed by atoms with Gasteiger partial charge in [0.05, 0.1) is 0 Å². The number of hydrogen-bond acceptors (Lipinski definition) is 1. The second-order valence-electron chi connectivity index (χ2n) is 0. The summed E-state index contributed by atoms with van der Waals surface area (Å²) in [5.74, 6) is 0. The molecule has 0 aliphatic carbocycles. The topological polar surface area (TPSA) is 80.1 Å². The third-order valence-corrected chi connectivity index (χ3v) is 0. The second-order valence-corrected chi connectivity index (χ2v) is 0. The normalized spacial score (nSPS) is 0.500. The van der Waals surface area contributed by atoms with Crippen molar-refractivity contribution in [3.63, 3.8) is 0 Å². The molecule has 0 rings (SSSR count). The van der Waals surface area contributed by atoms with Gasteiger partial charge in [0, 0.05) is 0 Å². The Morgan fingerprint density at radius 2 is 0.833 bits per heavy atom. The average molecular weight is 216 g/mol. The van der Waals surface area contributed by atoms with E-state index in [1.165, 1.54) is 0 Å². The first-order valence-electron chi connectivity index (χ1n) is 0.204. The van der Waals surface area contributed by atoms with Gasteiger partial charge in [0.2, 0.25) is 0 Å². The monoisotopic (exact) mass is 214 g/mol. The van der Waals surface area contributed by atoms with Gasteiger partial charge in [0.25, 0.3) is 0 Å². The van der Waals surface area contributed by atoms with Crippen molar-refractivity contribution in [3.8, 4) is 0 Å². The molecular weight excluding hydrogens is 210 g/mol. The van der Waals surface area contributed by atoms with Crippen molar-refractivity contribution >= 4 is 24.8 Å². The molecule has 0 aliphatic heterocycles. The van der Waals surface area contributed by atoms with E-state index in [4.69, 9.17) is 2.81 Å². The molecule has 42 valence electrons. The van der Waals surface area contributed by atoms with Gasteiger partial charge in [-0.05, 0) is 0 Å². The van der Waals surface area contributed by atoms with Gasteiger partial charge in [-0.3, -0.25) is 0 Å². The molecule has 6 heavy (non-hydrogen) atoms. The maximum absolute atomic E-state index is 8.34. The van der Waals surface area contributed by atoms with Gasteiger partial charge in [0.1, 0.15) is 0 Å². The van der Waals surface area contributed by atoms with Crippen molar-refractivity contribution in [1.29, 1.82) is 0 Å². The van der Waals surface area contributed by atoms with Crippen LogP contribution in [-0.2, 0) is 27.5 Å². The molecule has 0 radical (unpaired) electrons. The van der Waals surface area contributed by atoms with E-state index in [0.717, 1.165) is 0 Å². The Labute approximate surface area is 63.2 Å². The summed E-state index contributed by atoms with van der Waals surface area (Å²) in [7, 11) is 0. The molecule has 0 aromatic heterocycles. The summed E-state index contributed by atoms with van der Waals surface area (Å²) in [6.07, 6.45) is 0. The van der Waals surface area contributed by atoms with Crippen molar-refractivity contribution in [1.82, 2.24) is 0 Å². The van der Waals surface area contributed by atoms with Crippen LogP contribution in [0.2, 0.25) is 0 Å². The molecule has 0 unspecified atom stereocenters. The summed E-state index contributed by atoms with van der Waals surface area (Å²) in [5, 5.41) is 0. The molecule has 0 aromatic carbocycles. The first kappa shape index (κ1) is 57.6. The minimum atomic E-state index is 0. The zero-order valence-electron chi connectivity index (χ0n) is 2.72. The molecule has 0 heterocycles. The molecule has 0 amide bonds. The molecule has 6 heteroatoms. The van der Waals surface area contributed by atoms with E-state index < -0.39 is 0 Å². The third kappa shape index (κ3) is 64.8. The molecule has 0 aliphatic rings. The van der Waals surface area contributed by atoms with E-state index in [1.807, 2.05) is 0 Å². The van der Waals surface area contributed by atoms with Crippen LogP contribution < -0.4 is 0 Å². The van der Waals surface area contributed by atoms with Crippen LogP contribution in [0.15, 0.2) is 0 Å². The number of rotatable bonds is 0. The van der Waals surface area contributed by atoms with Crippen molar-refractivity contribution < 1.29 is 38.5 Å². The third-order valence-electron chi connectivity index (χ3n) is 0. The predicted molar refractivity (Wildman–Crippen MR) is 22.4 cm³/mol. The molecular formula is H6Cl2O3Zr. The zero-order valence-corrected chi connectivity index (χ0v) is 6.82. The van der Waals surface area contributed by atoms with E-state index in [9.17, 15) is 0 Å². The van der Waals surface area contributed by atoms with Crippen LogP contribution in [0.3, 0.4) is 0 Å². The zero-order chi connectivity index (χ0) is 2.00. The van der Waals surface area contributed by atoms with E-state index in [1.54, 1.807) is 0 Å². The fourth-order valence-corrected chi connectivity index (χ4v) is 0. The van der Waals surface area contributed by atoms with E-state index >= 15 is 0 Å². The maximum atomic E-state index is 8.34. The van der Waals surface area contributed by atoms with E-state index in [0.29, 0.717) is 24.7 Å². The van der Waals surface area contributed by atoms with Gasteiger partial charge in [-0.25, -0.2) is 0 Å². The Morgan fingerprint density at radius 1 is 0.833 bits per heavy atom. The van der Waals surface area contributed by atoms with Crippen LogP contribution >= 0.6 is 24.8 Å². The van der Waals surface area contributed by atoms with Gasteiger partial charge in [-0.1, -0.05) is 0 Å². The summed E-state index contributed by atoms with van der Waals surface area (Å²) >= 11 is 0.300. The van der Waals surface area contributed by atoms with Gasteiger partial charge < -0.3 is 11.0 Å². The van der Waals surface area contributed by atoms with Crippen molar-refractivity contribution in [2.45, 2.75) is 0 Å². The molecule has 4 N–H and O–H groups in total. The Bertz CT molecular complexity index is 8.75. The Morgan fingerprint density at radius 3 is 0.833 bits per heavy atom. The summed E-state index contributed by atoms with van der Waals surface area (Å²) in [6, 6.07) is 0. The SMILES string of the molecule is Cl.Cl.O.O.[O]=[Zr]. The summed E-state index contributed by atoms with van der Waals surface area (Å²) in [4.78, 5) is 0. The Balaban J connectivity index is -0.000000000833. The van der Waals surface area contributed by atoms with Crippen LogP contribution in [0.25, 0.3) is 0 Å². The summed E-state index contributed by atoms with van der Waals surface area (Å²) in [6.45, 7) is 0. The molecule has 0 bridgehead atoms. The van der Waals surface area contributed by atoms with Gasteiger partial charge in [-0.15, -0.1) is 24.8 Å². The van der Waals surface area contributed by atoms with Crippen molar-refractivity contribution in [2.24, 2.45) is 0 Å². The van der Waals surface area contributed by atoms with Crippen molar-refractivity contribution in [2.75, 3.05) is 0 Å². The van der Waals surface area contributed by atoms with Crippen LogP contribution in [0, 0.1) is 0 Å². The van der Waals surface area contributed by atoms with Crippen LogP contribution in [0.5, 0.6) is 0 Å². The molecule has 0 aromatic rings. The molecule has 3 nitrogen and oxygen atoms in total. The molecule has 0 fully saturated rings. The molecule has 0 spiro atoms. The second kappa shape index (κ2) is 119. The molecule has 0 saturated carbocycles. The number of hydrogen-bond donors (Lipinski definition) is 0. The average Bonchev–Trinajstić information content (AvgIpc) is 1.00. The predicted octanol–water partition coefficient (Wildman–Crippen LogP) is -0.927. The fraction of sp³-hybridized carbons (Fsp3) is 0. The standard InChI is InChI=1S/2ClH.2H2O.O.Zr/h2*1H;2*1H2;;. The van der Waals surface area contributed by atoms with Crippen molar-refractivity contribution in [3.05, 3.63) is 0 Å². The first-order chi connectivity index (χ1) is 1.00. The van der Waals surface area contributed by atoms with E-state index in [2.05, 4.69) is 0 Å². The summed E-state index contributed by atoms with van der Waals surface area (Å²) in [5.41, 5.74) is 0. The van der Waals surface area contributed by atoms with Crippen LogP contribution in [0.1, 0.15) is 0 Å². The fourth-order valence-electron chi connectivity index (χ4n) is 0. The minimum absolute atomic E-state index is 0. The molecule has 0 saturated heterocycles. The first-order valence-corrected chi connectivity index (χ1v) is 1.21. The molecule has 0 atom stereocenters. The van der Waals surface area contributed by atoms with Gasteiger partial charge in [-0.2, -0.15) is 0 Å². The Hall–Kier alpha value is 1.18. The number of halogens is 2. The quantitative estimate of drug-likeness (QED) is 0.515. The Kier molecular flexibility index (Phi) is 1140. The van der Waals surface area contributed by atoms with Crippen LogP contribution in [0.4, 0.5) is 0 Å².